The van der Waals surface area contributed by atoms with E-state index in [1.165, 1.54) is 24.5 Å². The number of nitrogens with one attached hydrogen (secondary N) is 1. The summed E-state index contributed by atoms with van der Waals surface area (Å²) < 4.78 is 32.4. The molecule has 0 bridgehead atoms. The fourth-order valence-electron chi connectivity index (χ4n) is 2.64. The lowest BCUT2D eigenvalue weighted by Gasteiger charge is -2.08. The minimum absolute atomic E-state index is 0.0720. The number of nitrogens with zero attached hydrogens (tertiary/aromatic N) is 2. The zero-order chi connectivity index (χ0) is 21.0. The summed E-state index contributed by atoms with van der Waals surface area (Å²) in [7, 11) is -2.70. The summed E-state index contributed by atoms with van der Waals surface area (Å²) in [5.41, 5.74) is 2.37. The molecule has 0 radical (unpaired) electrons. The maximum atomic E-state index is 12.5. The number of methoxy groups -OCH3 is 1. The molecule has 2 aromatic carbocycles. The standard InChI is InChI=1S/C19H19N3O5S2/c1-13-3-5-14(6-4-13)19-21-15(12-28-19)9-10-20-29(25,26)18-8-7-16(27-2)11-17(18)22(23)24/h3-8,11-12,20H,9-10H2,1-2H3. The van der Waals surface area contributed by atoms with Gasteiger partial charge in [-0.1, -0.05) is 29.8 Å². The molecule has 10 heteroatoms. The SMILES string of the molecule is COc1ccc(S(=O)(=O)NCCc2csc(-c3ccc(C)cc3)n2)c([N+](=O)[O-])c1. The van der Waals surface area contributed by atoms with Crippen molar-refractivity contribution < 1.29 is 18.1 Å². The molecule has 0 aliphatic rings. The molecule has 29 heavy (non-hydrogen) atoms. The van der Waals surface area contributed by atoms with Gasteiger partial charge in [0.15, 0.2) is 4.90 Å². The van der Waals surface area contributed by atoms with Crippen LogP contribution < -0.4 is 9.46 Å². The molecule has 1 heterocycles. The minimum atomic E-state index is -4.05. The Morgan fingerprint density at radius 2 is 1.93 bits per heavy atom. The summed E-state index contributed by atoms with van der Waals surface area (Å²) in [6, 6.07) is 11.6. The van der Waals surface area contributed by atoms with E-state index in [-0.39, 0.29) is 12.3 Å². The van der Waals surface area contributed by atoms with E-state index in [4.69, 9.17) is 4.74 Å². The van der Waals surface area contributed by atoms with Crippen molar-refractivity contribution in [2.75, 3.05) is 13.7 Å². The molecule has 0 saturated heterocycles. The molecule has 1 N–H and O–H groups in total. The van der Waals surface area contributed by atoms with Crippen LogP contribution in [0, 0.1) is 17.0 Å². The number of hydrogen-bond donors (Lipinski definition) is 1. The van der Waals surface area contributed by atoms with E-state index in [9.17, 15) is 18.5 Å². The Kier molecular flexibility index (Phi) is 6.26. The Morgan fingerprint density at radius 1 is 1.21 bits per heavy atom. The monoisotopic (exact) mass is 433 g/mol. The highest BCUT2D eigenvalue weighted by Crippen LogP contribution is 2.28. The third kappa shape index (κ3) is 4.97. The van der Waals surface area contributed by atoms with Crippen LogP contribution in [0.2, 0.25) is 0 Å². The van der Waals surface area contributed by atoms with Gasteiger partial charge < -0.3 is 4.74 Å². The van der Waals surface area contributed by atoms with E-state index >= 15 is 0 Å². The number of rotatable bonds is 8. The van der Waals surface area contributed by atoms with Crippen LogP contribution in [0.25, 0.3) is 10.6 Å². The molecule has 0 spiro atoms. The molecule has 1 aromatic heterocycles. The molecule has 0 fully saturated rings. The largest absolute Gasteiger partial charge is 0.497 e. The molecular weight excluding hydrogens is 414 g/mol. The predicted molar refractivity (Wildman–Crippen MR) is 111 cm³/mol. The van der Waals surface area contributed by atoms with Crippen molar-refractivity contribution in [3.05, 3.63) is 69.2 Å². The first-order valence-corrected chi connectivity index (χ1v) is 11.0. The van der Waals surface area contributed by atoms with Crippen LogP contribution in [0.3, 0.4) is 0 Å². The molecule has 0 aliphatic heterocycles. The maximum Gasteiger partial charge on any atom is 0.293 e. The number of aromatic nitrogens is 1. The average Bonchev–Trinajstić information content (AvgIpc) is 3.16. The van der Waals surface area contributed by atoms with Crippen LogP contribution in [0.1, 0.15) is 11.3 Å². The predicted octanol–water partition coefficient (Wildman–Crippen LogP) is 3.56. The lowest BCUT2D eigenvalue weighted by molar-refractivity contribution is -0.387. The van der Waals surface area contributed by atoms with Crippen molar-refractivity contribution in [1.29, 1.82) is 0 Å². The Hall–Kier alpha value is -2.82. The van der Waals surface area contributed by atoms with E-state index < -0.39 is 25.5 Å². The Bertz CT molecular complexity index is 1130. The number of thiazole rings is 1. The molecule has 0 atom stereocenters. The van der Waals surface area contributed by atoms with Gasteiger partial charge in [0.05, 0.1) is 23.8 Å². The van der Waals surface area contributed by atoms with E-state index in [0.717, 1.165) is 34.0 Å². The minimum Gasteiger partial charge on any atom is -0.497 e. The van der Waals surface area contributed by atoms with Crippen molar-refractivity contribution in [2.45, 2.75) is 18.2 Å². The Morgan fingerprint density at radius 3 is 2.59 bits per heavy atom. The fourth-order valence-corrected chi connectivity index (χ4v) is 4.68. The van der Waals surface area contributed by atoms with Crippen LogP contribution >= 0.6 is 11.3 Å². The molecular formula is C19H19N3O5S2. The van der Waals surface area contributed by atoms with Crippen molar-refractivity contribution in [2.24, 2.45) is 0 Å². The van der Waals surface area contributed by atoms with E-state index in [0.29, 0.717) is 6.42 Å². The number of hydrogen-bond acceptors (Lipinski definition) is 7. The Balaban J connectivity index is 1.69. The third-order valence-electron chi connectivity index (χ3n) is 4.18. The molecule has 0 saturated carbocycles. The number of nitro benzene ring substituents is 1. The number of benzene rings is 2. The summed E-state index contributed by atoms with van der Waals surface area (Å²) in [5, 5.41) is 14.0. The highest BCUT2D eigenvalue weighted by Gasteiger charge is 2.26. The van der Waals surface area contributed by atoms with E-state index in [1.807, 2.05) is 36.6 Å². The van der Waals surface area contributed by atoms with Gasteiger partial charge in [0, 0.05) is 23.9 Å². The smallest absolute Gasteiger partial charge is 0.293 e. The summed E-state index contributed by atoms with van der Waals surface area (Å²) in [4.78, 5) is 14.6. The summed E-state index contributed by atoms with van der Waals surface area (Å²) in [5.74, 6) is 0.210. The highest BCUT2D eigenvalue weighted by atomic mass is 32.2. The highest BCUT2D eigenvalue weighted by molar-refractivity contribution is 7.89. The normalized spacial score (nSPS) is 11.4. The number of sulfonamides is 1. The lowest BCUT2D eigenvalue weighted by Crippen LogP contribution is -2.26. The number of ether oxygens (including phenoxy) is 1. The molecule has 0 amide bonds. The van der Waals surface area contributed by atoms with E-state index in [1.54, 1.807) is 0 Å². The topological polar surface area (TPSA) is 111 Å². The fraction of sp³-hybridized carbons (Fsp3) is 0.211. The van der Waals surface area contributed by atoms with Gasteiger partial charge in [-0.15, -0.1) is 11.3 Å². The van der Waals surface area contributed by atoms with Crippen molar-refractivity contribution >= 4 is 27.0 Å². The Labute approximate surface area is 172 Å². The van der Waals surface area contributed by atoms with Gasteiger partial charge in [-0.05, 0) is 19.1 Å². The first-order valence-electron chi connectivity index (χ1n) is 8.63. The number of aryl methyl sites for hydroxylation is 1. The summed E-state index contributed by atoms with van der Waals surface area (Å²) >= 11 is 1.48. The van der Waals surface area contributed by atoms with Gasteiger partial charge in [0.1, 0.15) is 10.8 Å². The van der Waals surface area contributed by atoms with Crippen LogP contribution in [0.15, 0.2) is 52.7 Å². The van der Waals surface area contributed by atoms with Gasteiger partial charge in [-0.2, -0.15) is 0 Å². The summed E-state index contributed by atoms with van der Waals surface area (Å²) in [6.07, 6.45) is 0.367. The lowest BCUT2D eigenvalue weighted by atomic mass is 10.2. The van der Waals surface area contributed by atoms with Gasteiger partial charge >= 0.3 is 0 Å². The van der Waals surface area contributed by atoms with E-state index in [2.05, 4.69) is 9.71 Å². The molecule has 0 aliphatic carbocycles. The van der Waals surface area contributed by atoms with Gasteiger partial charge in [0.2, 0.25) is 10.0 Å². The molecule has 3 rings (SSSR count). The molecule has 8 nitrogen and oxygen atoms in total. The van der Waals surface area contributed by atoms with Crippen molar-refractivity contribution in [3.63, 3.8) is 0 Å². The van der Waals surface area contributed by atoms with Crippen LogP contribution in [-0.4, -0.2) is 32.0 Å². The molecule has 152 valence electrons. The maximum absolute atomic E-state index is 12.5. The second-order valence-corrected chi connectivity index (χ2v) is 8.84. The van der Waals surface area contributed by atoms with Crippen molar-refractivity contribution in [1.82, 2.24) is 9.71 Å². The summed E-state index contributed by atoms with van der Waals surface area (Å²) in [6.45, 7) is 2.08. The second-order valence-electron chi connectivity index (χ2n) is 6.25. The van der Waals surface area contributed by atoms with Crippen LogP contribution in [0.4, 0.5) is 5.69 Å². The van der Waals surface area contributed by atoms with Crippen LogP contribution in [-0.2, 0) is 16.4 Å². The molecule has 0 unspecified atom stereocenters. The quantitative estimate of drug-likeness (QED) is 0.429. The third-order valence-corrected chi connectivity index (χ3v) is 6.62. The first kappa shape index (κ1) is 20.9. The van der Waals surface area contributed by atoms with Crippen molar-refractivity contribution in [3.8, 4) is 16.3 Å². The average molecular weight is 434 g/mol. The molecule has 3 aromatic rings. The zero-order valence-electron chi connectivity index (χ0n) is 15.8. The first-order chi connectivity index (χ1) is 13.8. The second kappa shape index (κ2) is 8.68. The van der Waals surface area contributed by atoms with Gasteiger partial charge in [-0.3, -0.25) is 10.1 Å². The zero-order valence-corrected chi connectivity index (χ0v) is 17.4. The van der Waals surface area contributed by atoms with Gasteiger partial charge in [0.25, 0.3) is 5.69 Å². The van der Waals surface area contributed by atoms with Crippen LogP contribution in [0.5, 0.6) is 5.75 Å². The van der Waals surface area contributed by atoms with Gasteiger partial charge in [-0.25, -0.2) is 18.1 Å². The number of nitro groups is 1.